The topological polar surface area (TPSA) is 86.5 Å². The van der Waals surface area contributed by atoms with Crippen LogP contribution in [-0.2, 0) is 16.3 Å². The molecule has 0 saturated carbocycles. The van der Waals surface area contributed by atoms with E-state index in [1.54, 1.807) is 0 Å². The molecule has 2 heterocycles. The highest BCUT2D eigenvalue weighted by Gasteiger charge is 2.34. The van der Waals surface area contributed by atoms with Gasteiger partial charge in [0.15, 0.2) is 5.15 Å². The smallest absolute Gasteiger partial charge is 0.417 e. The number of benzene rings is 1. The average molecular weight is 485 g/mol. The molecule has 6 nitrogen and oxygen atoms in total. The molecule has 3 rings (SSSR count). The van der Waals surface area contributed by atoms with Crippen LogP contribution >= 0.6 is 27.5 Å². The first kappa shape index (κ1) is 19.6. The third-order valence-corrected chi connectivity index (χ3v) is 5.38. The van der Waals surface area contributed by atoms with Crippen molar-refractivity contribution in [1.82, 2.24) is 4.98 Å². The van der Waals surface area contributed by atoms with Crippen LogP contribution in [0.1, 0.15) is 5.56 Å². The predicted octanol–water partition coefficient (Wildman–Crippen LogP) is 4.39. The maximum atomic E-state index is 13.0. The Kier molecular flexibility index (Phi) is 4.95. The summed E-state index contributed by atoms with van der Waals surface area (Å²) in [5, 5.41) is -0.779. The minimum Gasteiger partial charge on any atom is -0.423 e. The van der Waals surface area contributed by atoms with E-state index in [4.69, 9.17) is 20.2 Å². The van der Waals surface area contributed by atoms with Crippen LogP contribution < -0.4 is 9.81 Å². The fourth-order valence-electron chi connectivity index (χ4n) is 2.18. The monoisotopic (exact) mass is 483 g/mol. The lowest BCUT2D eigenvalue weighted by atomic mass is 10.1. The molecule has 0 amide bonds. The van der Waals surface area contributed by atoms with Gasteiger partial charge in [-0.1, -0.05) is 11.6 Å². The summed E-state index contributed by atoms with van der Waals surface area (Å²) in [5.41, 5.74) is -2.93. The molecule has 0 N–H and O–H groups in total. The van der Waals surface area contributed by atoms with Crippen LogP contribution in [0.3, 0.4) is 0 Å². The van der Waals surface area contributed by atoms with Crippen molar-refractivity contribution in [2.24, 2.45) is 0 Å². The molecular formula is C15H6BrClF3NO5S. The van der Waals surface area contributed by atoms with Crippen LogP contribution in [-0.4, -0.2) is 13.4 Å². The number of hydrogen-bond acceptors (Lipinski definition) is 6. The van der Waals surface area contributed by atoms with Gasteiger partial charge in [0.2, 0.25) is 0 Å². The molecule has 3 aromatic rings. The number of aromatic nitrogens is 1. The number of fused-ring (bicyclic) bond motifs is 1. The Balaban J connectivity index is 2.08. The second-order valence-electron chi connectivity index (χ2n) is 5.11. The van der Waals surface area contributed by atoms with Crippen LogP contribution in [0.5, 0.6) is 5.75 Å². The highest BCUT2D eigenvalue weighted by molar-refractivity contribution is 9.10. The van der Waals surface area contributed by atoms with E-state index in [1.165, 1.54) is 6.20 Å². The molecule has 27 heavy (non-hydrogen) atoms. The molecule has 0 spiro atoms. The van der Waals surface area contributed by atoms with Crippen LogP contribution in [0.25, 0.3) is 11.0 Å². The molecular weight excluding hydrogens is 479 g/mol. The van der Waals surface area contributed by atoms with Crippen molar-refractivity contribution in [2.45, 2.75) is 11.1 Å². The van der Waals surface area contributed by atoms with Gasteiger partial charge in [-0.2, -0.15) is 21.6 Å². The van der Waals surface area contributed by atoms with Crippen LogP contribution in [0.2, 0.25) is 5.15 Å². The number of hydrogen-bond donors (Lipinski definition) is 0. The van der Waals surface area contributed by atoms with Crippen molar-refractivity contribution < 1.29 is 30.2 Å². The zero-order valence-corrected chi connectivity index (χ0v) is 15.9. The third kappa shape index (κ3) is 4.09. The zero-order valence-electron chi connectivity index (χ0n) is 12.8. The van der Waals surface area contributed by atoms with E-state index < -0.39 is 43.3 Å². The Morgan fingerprint density at radius 3 is 2.56 bits per heavy atom. The summed E-state index contributed by atoms with van der Waals surface area (Å²) in [6.45, 7) is 0. The molecule has 0 radical (unpaired) electrons. The van der Waals surface area contributed by atoms with E-state index in [-0.39, 0.29) is 10.9 Å². The number of alkyl halides is 3. The number of rotatable bonds is 3. The summed E-state index contributed by atoms with van der Waals surface area (Å²) in [4.78, 5) is 14.6. The average Bonchev–Trinajstić information content (AvgIpc) is 2.54. The summed E-state index contributed by atoms with van der Waals surface area (Å²) in [6.07, 6.45) is -3.52. The van der Waals surface area contributed by atoms with Gasteiger partial charge in [-0.15, -0.1) is 0 Å². The van der Waals surface area contributed by atoms with Crippen molar-refractivity contribution in [3.05, 3.63) is 62.1 Å². The van der Waals surface area contributed by atoms with Crippen molar-refractivity contribution in [3.8, 4) is 5.75 Å². The lowest BCUT2D eigenvalue weighted by Gasteiger charge is -2.11. The molecule has 0 unspecified atom stereocenters. The van der Waals surface area contributed by atoms with Gasteiger partial charge in [0.05, 0.1) is 5.56 Å². The molecule has 0 atom stereocenters. The summed E-state index contributed by atoms with van der Waals surface area (Å²) in [7, 11) is -4.45. The highest BCUT2D eigenvalue weighted by atomic mass is 79.9. The number of nitrogens with zero attached hydrogens (tertiary/aromatic N) is 1. The number of halogens is 5. The van der Waals surface area contributed by atoms with E-state index in [1.807, 2.05) is 0 Å². The second-order valence-corrected chi connectivity index (χ2v) is 7.90. The van der Waals surface area contributed by atoms with Gasteiger partial charge < -0.3 is 8.60 Å². The molecule has 12 heteroatoms. The SMILES string of the molecule is O=c1cc(C(F)(F)F)c2ccc(OS(=O)(=O)c3cc(Br)cnc3Cl)cc2o1. The first-order chi connectivity index (χ1) is 12.5. The summed E-state index contributed by atoms with van der Waals surface area (Å²) >= 11 is 8.80. The van der Waals surface area contributed by atoms with Crippen LogP contribution in [0, 0.1) is 0 Å². The molecule has 142 valence electrons. The summed E-state index contributed by atoms with van der Waals surface area (Å²) in [6, 6.07) is 4.25. The van der Waals surface area contributed by atoms with Crippen molar-refractivity contribution >= 4 is 48.6 Å². The minimum atomic E-state index is -4.79. The Labute approximate surface area is 162 Å². The van der Waals surface area contributed by atoms with Gasteiger partial charge in [-0.3, -0.25) is 0 Å². The molecule has 0 bridgehead atoms. The molecule has 0 aliphatic carbocycles. The first-order valence-electron chi connectivity index (χ1n) is 6.88. The third-order valence-electron chi connectivity index (χ3n) is 3.27. The normalized spacial score (nSPS) is 12.3. The largest absolute Gasteiger partial charge is 0.423 e. The maximum absolute atomic E-state index is 13.0. The van der Waals surface area contributed by atoms with E-state index >= 15 is 0 Å². The Hall–Kier alpha value is -2.11. The fourth-order valence-corrected chi connectivity index (χ4v) is 4.03. The lowest BCUT2D eigenvalue weighted by Crippen LogP contribution is -2.12. The molecule has 0 aliphatic rings. The van der Waals surface area contributed by atoms with Gasteiger partial charge in [0.25, 0.3) is 0 Å². The van der Waals surface area contributed by atoms with Gasteiger partial charge in [-0.25, -0.2) is 9.78 Å². The fraction of sp³-hybridized carbons (Fsp3) is 0.0667. The standard InChI is InChI=1S/C15H6BrClF3NO5S/c16-7-3-12(14(17)21-6-7)27(23,24)26-8-1-2-9-10(15(18,19)20)5-13(22)25-11(9)4-8/h1-6H. The molecule has 1 aromatic carbocycles. The van der Waals surface area contributed by atoms with Crippen LogP contribution in [0.4, 0.5) is 13.2 Å². The van der Waals surface area contributed by atoms with Gasteiger partial charge in [-0.05, 0) is 34.1 Å². The molecule has 0 aliphatic heterocycles. The quantitative estimate of drug-likeness (QED) is 0.311. The summed E-state index contributed by atoms with van der Waals surface area (Å²) in [5.74, 6) is -0.374. The molecule has 0 fully saturated rings. The van der Waals surface area contributed by atoms with Crippen LogP contribution in [0.15, 0.2) is 55.1 Å². The van der Waals surface area contributed by atoms with Crippen molar-refractivity contribution in [2.75, 3.05) is 0 Å². The van der Waals surface area contributed by atoms with Crippen molar-refractivity contribution in [3.63, 3.8) is 0 Å². The summed E-state index contributed by atoms with van der Waals surface area (Å²) < 4.78 is 73.8. The maximum Gasteiger partial charge on any atom is 0.417 e. The van der Waals surface area contributed by atoms with E-state index in [0.717, 1.165) is 24.3 Å². The minimum absolute atomic E-state index is 0.312. The van der Waals surface area contributed by atoms with Gasteiger partial charge >= 0.3 is 21.9 Å². The van der Waals surface area contributed by atoms with Crippen molar-refractivity contribution in [1.29, 1.82) is 0 Å². The predicted molar refractivity (Wildman–Crippen MR) is 92.2 cm³/mol. The highest BCUT2D eigenvalue weighted by Crippen LogP contribution is 2.35. The van der Waals surface area contributed by atoms with Gasteiger partial charge in [0.1, 0.15) is 16.2 Å². The Morgan fingerprint density at radius 2 is 1.89 bits per heavy atom. The first-order valence-corrected chi connectivity index (χ1v) is 9.46. The Morgan fingerprint density at radius 1 is 1.19 bits per heavy atom. The van der Waals surface area contributed by atoms with Gasteiger partial charge in [0, 0.05) is 28.2 Å². The molecule has 0 saturated heterocycles. The lowest BCUT2D eigenvalue weighted by molar-refractivity contribution is -0.136. The molecule has 2 aromatic heterocycles. The Bertz CT molecular complexity index is 1210. The van der Waals surface area contributed by atoms with E-state index in [0.29, 0.717) is 10.5 Å². The number of pyridine rings is 1. The zero-order chi connectivity index (χ0) is 20.0. The van der Waals surface area contributed by atoms with E-state index in [9.17, 15) is 26.4 Å². The second kappa shape index (κ2) is 6.80. The van der Waals surface area contributed by atoms with E-state index in [2.05, 4.69) is 20.9 Å².